The molecule has 1 aromatic heterocycles. The molecule has 2 aromatic rings. The van der Waals surface area contributed by atoms with Crippen LogP contribution in [-0.2, 0) is 4.79 Å². The Morgan fingerprint density at radius 3 is 2.67 bits per heavy atom. The van der Waals surface area contributed by atoms with Gasteiger partial charge in [0.2, 0.25) is 0 Å². The molecule has 1 fully saturated rings. The highest BCUT2D eigenvalue weighted by molar-refractivity contribution is 6.32. The second kappa shape index (κ2) is 5.94. The summed E-state index contributed by atoms with van der Waals surface area (Å²) in [4.78, 5) is 25.7. The van der Waals surface area contributed by atoms with E-state index in [4.69, 9.17) is 11.6 Å². The lowest BCUT2D eigenvalue weighted by molar-refractivity contribution is -0.147. The molecule has 1 atom stereocenters. The van der Waals surface area contributed by atoms with Gasteiger partial charge in [0.25, 0.3) is 5.91 Å². The molecule has 0 bridgehead atoms. The van der Waals surface area contributed by atoms with Gasteiger partial charge in [-0.25, -0.2) is 4.68 Å². The van der Waals surface area contributed by atoms with E-state index in [0.717, 1.165) is 0 Å². The lowest BCUT2D eigenvalue weighted by Gasteiger charge is -2.20. The summed E-state index contributed by atoms with van der Waals surface area (Å²) in [6.45, 7) is 4.11. The third-order valence-electron chi connectivity index (χ3n) is 4.60. The molecule has 0 spiro atoms. The number of aliphatic carboxylic acids is 1. The third-order valence-corrected chi connectivity index (χ3v) is 4.92. The van der Waals surface area contributed by atoms with Crippen molar-refractivity contribution in [3.8, 4) is 5.69 Å². The van der Waals surface area contributed by atoms with Crippen molar-refractivity contribution in [2.24, 2.45) is 5.41 Å². The zero-order valence-electron chi connectivity index (χ0n) is 13.5. The van der Waals surface area contributed by atoms with Crippen molar-refractivity contribution >= 4 is 23.5 Å². The van der Waals surface area contributed by atoms with Crippen LogP contribution in [-0.4, -0.2) is 44.8 Å². The topological polar surface area (TPSA) is 75.4 Å². The second-order valence-corrected chi connectivity index (χ2v) is 6.76. The summed E-state index contributed by atoms with van der Waals surface area (Å²) in [5.74, 6) is -1.07. The number of amides is 1. The monoisotopic (exact) mass is 347 g/mol. The fraction of sp³-hybridized carbons (Fsp3) is 0.353. The van der Waals surface area contributed by atoms with Crippen LogP contribution in [0.25, 0.3) is 5.69 Å². The number of carboxylic acid groups (broad SMARTS) is 1. The van der Waals surface area contributed by atoms with Gasteiger partial charge in [-0.3, -0.25) is 9.59 Å². The number of nitrogens with zero attached hydrogens (tertiary/aromatic N) is 3. The fourth-order valence-electron chi connectivity index (χ4n) is 2.97. The number of hydrogen-bond acceptors (Lipinski definition) is 3. The third kappa shape index (κ3) is 2.67. The van der Waals surface area contributed by atoms with E-state index >= 15 is 0 Å². The molecule has 1 aromatic carbocycles. The second-order valence-electron chi connectivity index (χ2n) is 6.35. The molecule has 1 unspecified atom stereocenters. The first-order chi connectivity index (χ1) is 11.3. The van der Waals surface area contributed by atoms with E-state index in [2.05, 4.69) is 5.10 Å². The van der Waals surface area contributed by atoms with Crippen molar-refractivity contribution in [3.63, 3.8) is 0 Å². The van der Waals surface area contributed by atoms with Crippen LogP contribution in [0.5, 0.6) is 0 Å². The average molecular weight is 348 g/mol. The molecule has 1 N–H and O–H groups in total. The average Bonchev–Trinajstić information content (AvgIpc) is 3.12. The number of para-hydroxylation sites is 1. The van der Waals surface area contributed by atoms with Crippen LogP contribution in [0.15, 0.2) is 30.5 Å². The van der Waals surface area contributed by atoms with Gasteiger partial charge in [-0.1, -0.05) is 23.7 Å². The maximum atomic E-state index is 12.8. The van der Waals surface area contributed by atoms with Crippen molar-refractivity contribution in [1.82, 2.24) is 14.7 Å². The Balaban J connectivity index is 1.88. The minimum Gasteiger partial charge on any atom is -0.481 e. The molecule has 6 nitrogen and oxygen atoms in total. The minimum absolute atomic E-state index is 0.198. The van der Waals surface area contributed by atoms with Crippen molar-refractivity contribution in [2.75, 3.05) is 13.1 Å². The highest BCUT2D eigenvalue weighted by atomic mass is 35.5. The molecule has 0 radical (unpaired) electrons. The van der Waals surface area contributed by atoms with Gasteiger partial charge in [0.15, 0.2) is 0 Å². The van der Waals surface area contributed by atoms with Gasteiger partial charge in [0, 0.05) is 13.1 Å². The Hall–Kier alpha value is -2.34. The number of rotatable bonds is 3. The number of hydrogen-bond donors (Lipinski definition) is 1. The maximum Gasteiger partial charge on any atom is 0.311 e. The maximum absolute atomic E-state index is 12.8. The fourth-order valence-corrected chi connectivity index (χ4v) is 3.18. The Kier molecular flexibility index (Phi) is 4.09. The molecule has 1 saturated heterocycles. The molecule has 1 aliphatic rings. The zero-order chi connectivity index (χ0) is 17.5. The standard InChI is InChI=1S/C17H18ClN3O3/c1-11-12(9-19-21(11)14-6-4-3-5-13(14)18)15(22)20-8-7-17(2,10-20)16(23)24/h3-6,9H,7-8,10H2,1-2H3,(H,23,24). The number of aromatic nitrogens is 2. The minimum atomic E-state index is -0.887. The highest BCUT2D eigenvalue weighted by Crippen LogP contribution is 2.31. The lowest BCUT2D eigenvalue weighted by Crippen LogP contribution is -2.35. The number of carboxylic acids is 1. The first-order valence-corrected chi connectivity index (χ1v) is 8.03. The van der Waals surface area contributed by atoms with Crippen molar-refractivity contribution < 1.29 is 14.7 Å². The molecule has 1 aliphatic heterocycles. The zero-order valence-corrected chi connectivity index (χ0v) is 14.2. The Morgan fingerprint density at radius 1 is 1.33 bits per heavy atom. The summed E-state index contributed by atoms with van der Waals surface area (Å²) in [5, 5.41) is 14.1. The molecule has 3 rings (SSSR count). The van der Waals surface area contributed by atoms with E-state index < -0.39 is 11.4 Å². The van der Waals surface area contributed by atoms with E-state index in [1.807, 2.05) is 18.2 Å². The Morgan fingerprint density at radius 2 is 2.04 bits per heavy atom. The molecule has 2 heterocycles. The lowest BCUT2D eigenvalue weighted by atomic mass is 9.90. The summed E-state index contributed by atoms with van der Waals surface area (Å²) in [7, 11) is 0. The van der Waals surface area contributed by atoms with Crippen molar-refractivity contribution in [3.05, 3.63) is 46.7 Å². The van der Waals surface area contributed by atoms with Crippen LogP contribution in [0, 0.1) is 12.3 Å². The summed E-state index contributed by atoms with van der Waals surface area (Å²) in [6.07, 6.45) is 1.96. The largest absolute Gasteiger partial charge is 0.481 e. The Labute approximate surface area is 144 Å². The quantitative estimate of drug-likeness (QED) is 0.926. The number of benzene rings is 1. The highest BCUT2D eigenvalue weighted by Gasteiger charge is 2.42. The predicted molar refractivity (Wildman–Crippen MR) is 89.6 cm³/mol. The van der Waals surface area contributed by atoms with Gasteiger partial charge < -0.3 is 10.0 Å². The van der Waals surface area contributed by atoms with E-state index in [-0.39, 0.29) is 12.5 Å². The van der Waals surface area contributed by atoms with Crippen LogP contribution < -0.4 is 0 Å². The van der Waals surface area contributed by atoms with Gasteiger partial charge in [-0.05, 0) is 32.4 Å². The van der Waals surface area contributed by atoms with Crippen LogP contribution in [0.4, 0.5) is 0 Å². The van der Waals surface area contributed by atoms with Crippen LogP contribution in [0.3, 0.4) is 0 Å². The van der Waals surface area contributed by atoms with Gasteiger partial charge in [0.1, 0.15) is 0 Å². The molecule has 126 valence electrons. The molecule has 7 heteroatoms. The van der Waals surface area contributed by atoms with E-state index in [1.165, 1.54) is 6.20 Å². The number of carbonyl (C=O) groups is 2. The van der Waals surface area contributed by atoms with Crippen molar-refractivity contribution in [2.45, 2.75) is 20.3 Å². The molecule has 0 aliphatic carbocycles. The van der Waals surface area contributed by atoms with Crippen molar-refractivity contribution in [1.29, 1.82) is 0 Å². The van der Waals surface area contributed by atoms with Gasteiger partial charge in [-0.2, -0.15) is 5.10 Å². The number of likely N-dealkylation sites (tertiary alicyclic amines) is 1. The molecule has 24 heavy (non-hydrogen) atoms. The summed E-state index contributed by atoms with van der Waals surface area (Å²) in [6, 6.07) is 7.27. The number of carbonyl (C=O) groups excluding carboxylic acids is 1. The Bertz CT molecular complexity index is 817. The first kappa shape index (κ1) is 16.5. The number of halogens is 1. The van der Waals surface area contributed by atoms with E-state index in [1.54, 1.807) is 29.5 Å². The van der Waals surface area contributed by atoms with Gasteiger partial charge in [0.05, 0.1) is 33.6 Å². The van der Waals surface area contributed by atoms with Crippen LogP contribution >= 0.6 is 11.6 Å². The first-order valence-electron chi connectivity index (χ1n) is 7.66. The summed E-state index contributed by atoms with van der Waals surface area (Å²) >= 11 is 6.20. The SMILES string of the molecule is Cc1c(C(=O)N2CCC(C)(C(=O)O)C2)cnn1-c1ccccc1Cl. The van der Waals surface area contributed by atoms with Crippen LogP contribution in [0.2, 0.25) is 5.02 Å². The van der Waals surface area contributed by atoms with Gasteiger partial charge >= 0.3 is 5.97 Å². The van der Waals surface area contributed by atoms with E-state index in [0.29, 0.717) is 34.9 Å². The predicted octanol–water partition coefficient (Wildman–Crippen LogP) is 2.77. The van der Waals surface area contributed by atoms with E-state index in [9.17, 15) is 14.7 Å². The summed E-state index contributed by atoms with van der Waals surface area (Å²) < 4.78 is 1.63. The molecule has 1 amide bonds. The smallest absolute Gasteiger partial charge is 0.311 e. The molecular weight excluding hydrogens is 330 g/mol. The molecule has 0 saturated carbocycles. The normalized spacial score (nSPS) is 20.4. The summed E-state index contributed by atoms with van der Waals surface area (Å²) in [5.41, 5.74) is 0.955. The van der Waals surface area contributed by atoms with Crippen LogP contribution in [0.1, 0.15) is 29.4 Å². The van der Waals surface area contributed by atoms with Gasteiger partial charge in [-0.15, -0.1) is 0 Å². The molecular formula is C17H18ClN3O3.